The summed E-state index contributed by atoms with van der Waals surface area (Å²) in [6, 6.07) is 9.40. The van der Waals surface area contributed by atoms with Gasteiger partial charge < -0.3 is 48.4 Å². The number of benzene rings is 4. The number of nitrogens with zero attached hydrogens (tertiary/aromatic N) is 2. The summed E-state index contributed by atoms with van der Waals surface area (Å²) in [7, 11) is 6.89. The van der Waals surface area contributed by atoms with Gasteiger partial charge in [0.2, 0.25) is 11.6 Å². The molecule has 0 radical (unpaired) electrons. The van der Waals surface area contributed by atoms with Crippen molar-refractivity contribution in [3.05, 3.63) is 124 Å². The first-order valence-electron chi connectivity index (χ1n) is 23.7. The van der Waals surface area contributed by atoms with Crippen LogP contribution in [-0.2, 0) is 19.1 Å². The SMILES string of the molecule is CC(C)Oc1c(I)cc(C(=O)O)c(Cl)c1I.CC(C)Oc1cc(Cl)c(C(=O)O)cc1I.CCOC(=O)/C(=C\N(C)C)C(=O)c1cc(I)c(OC(C)C)c(I)c1Cl.CCOC(=O)/C(=C\N(C)C)C(=O)c1cc(I)c(OC(C)C)cc1Cl. The maximum absolute atomic E-state index is 12.9. The van der Waals surface area contributed by atoms with Crippen molar-refractivity contribution in [2.75, 3.05) is 41.4 Å². The number of Topliss-reactive ketones (excluding diaryl/α,β-unsaturated/α-hetero) is 2. The second-order valence-electron chi connectivity index (χ2n) is 17.6. The number of carbonyl (C=O) groups excluding carboxylic acids is 4. The molecule has 2 N–H and O–H groups in total. The van der Waals surface area contributed by atoms with Crippen molar-refractivity contribution in [3.63, 3.8) is 0 Å². The van der Waals surface area contributed by atoms with Gasteiger partial charge in [-0.15, -0.1) is 0 Å². The minimum atomic E-state index is -1.03. The Bertz CT molecular complexity index is 2950. The molecule has 0 spiro atoms. The van der Waals surface area contributed by atoms with E-state index in [1.807, 2.05) is 146 Å². The van der Waals surface area contributed by atoms with E-state index in [1.54, 1.807) is 70.0 Å². The number of ketones is 2. The lowest BCUT2D eigenvalue weighted by Crippen LogP contribution is -2.20. The summed E-state index contributed by atoms with van der Waals surface area (Å²) in [4.78, 5) is 74.9. The first-order valence-corrected chi connectivity index (χ1v) is 31.7. The lowest BCUT2D eigenvalue weighted by Gasteiger charge is -2.17. The first-order chi connectivity index (χ1) is 37.0. The van der Waals surface area contributed by atoms with E-state index in [2.05, 4.69) is 45.2 Å². The lowest BCUT2D eigenvalue weighted by molar-refractivity contribution is -0.139. The van der Waals surface area contributed by atoms with Gasteiger partial charge in [0.15, 0.2) is 0 Å². The maximum Gasteiger partial charge on any atom is 0.343 e. The quantitative estimate of drug-likeness (QED) is 0.0161. The van der Waals surface area contributed by atoms with E-state index in [4.69, 9.17) is 85.0 Å². The van der Waals surface area contributed by atoms with Crippen LogP contribution in [0.3, 0.4) is 0 Å². The van der Waals surface area contributed by atoms with E-state index in [0.29, 0.717) is 30.1 Å². The fourth-order valence-electron chi connectivity index (χ4n) is 5.88. The van der Waals surface area contributed by atoms with E-state index in [9.17, 15) is 28.8 Å². The van der Waals surface area contributed by atoms with Crippen LogP contribution in [0.5, 0.6) is 23.0 Å². The van der Waals surface area contributed by atoms with Crippen LogP contribution in [0, 0.1) is 21.4 Å². The van der Waals surface area contributed by atoms with Crippen LogP contribution in [0.1, 0.15) is 111 Å². The molecule has 26 heteroatoms. The molecule has 4 aromatic rings. The van der Waals surface area contributed by atoms with Crippen molar-refractivity contribution in [3.8, 4) is 23.0 Å². The molecule has 0 saturated heterocycles. The van der Waals surface area contributed by atoms with Crippen LogP contribution >= 0.6 is 182 Å². The Labute approximate surface area is 569 Å². The predicted octanol–water partition coefficient (Wildman–Crippen LogP) is 15.9. The molecule has 0 aliphatic rings. The zero-order valence-corrected chi connectivity index (χ0v) is 61.8. The highest BCUT2D eigenvalue weighted by Gasteiger charge is 2.28. The average molecular weight is 1860 g/mol. The van der Waals surface area contributed by atoms with Crippen LogP contribution < -0.4 is 18.9 Å². The van der Waals surface area contributed by atoms with Gasteiger partial charge in [0.1, 0.15) is 34.1 Å². The highest BCUT2D eigenvalue weighted by atomic mass is 127. The number of ether oxygens (including phenoxy) is 6. The monoisotopic (exact) mass is 1860 g/mol. The second-order valence-corrected chi connectivity index (χ2v) is 26.0. The molecule has 0 amide bonds. The number of aromatic carboxylic acids is 2. The third-order valence-electron chi connectivity index (χ3n) is 8.91. The molecule has 0 bridgehead atoms. The molecule has 0 saturated carbocycles. The maximum atomic E-state index is 12.9. The largest absolute Gasteiger partial charge is 0.490 e. The minimum absolute atomic E-state index is 0.0140. The molecular weight excluding hydrogens is 1800 g/mol. The van der Waals surface area contributed by atoms with Gasteiger partial charge in [0.25, 0.3) is 0 Å². The fourth-order valence-corrected chi connectivity index (χ4v) is 11.9. The van der Waals surface area contributed by atoms with E-state index in [-0.39, 0.29) is 91.1 Å². The van der Waals surface area contributed by atoms with E-state index >= 15 is 0 Å². The molecule has 0 aromatic heterocycles. The van der Waals surface area contributed by atoms with Crippen molar-refractivity contribution < 1.29 is 67.4 Å². The number of hydrogen-bond acceptors (Lipinski definition) is 14. The molecule has 0 unspecified atom stereocenters. The Morgan fingerprint density at radius 3 is 1.10 bits per heavy atom. The Kier molecular flexibility index (Phi) is 34.8. The number of carboxylic acids is 2. The summed E-state index contributed by atoms with van der Waals surface area (Å²) >= 11 is 36.7. The molecule has 440 valence electrons. The summed E-state index contributed by atoms with van der Waals surface area (Å²) in [6.07, 6.45) is 2.89. The number of hydrogen-bond donors (Lipinski definition) is 2. The highest BCUT2D eigenvalue weighted by Crippen LogP contribution is 2.39. The molecule has 0 atom stereocenters. The zero-order valence-electron chi connectivity index (χ0n) is 45.8. The molecule has 0 heterocycles. The summed E-state index contributed by atoms with van der Waals surface area (Å²) in [5, 5.41) is 18.7. The standard InChI is InChI=1S/C17H20ClI2NO4.C17H21ClINO4.C10H9ClI2O3.C10H10ClIO3/c1-6-24-17(23)11(8-21(4)5)15(22)10-7-12(19)16(25-9(2)3)14(20)13(10)18;1-6-23-17(22)12(9-20(4)5)16(21)11-7-14(19)15(8-13(11)18)24-10(2)3;1-4(2)16-9-6(12)3-5(10(14)15)7(11)8(9)13;1-5(2)15-9-4-7(11)6(10(13)14)3-8(9)12/h7-9H,6H2,1-5H3;7-10H,6H2,1-5H3;3-4H,1-2H3,(H,14,15);3-5H,1-2H3,(H,13,14)/b11-8-;12-9-;;. The molecule has 0 fully saturated rings. The predicted molar refractivity (Wildman–Crippen MR) is 365 cm³/mol. The average Bonchev–Trinajstić information content (AvgIpc) is 3.34. The molecule has 0 aliphatic carbocycles. The van der Waals surface area contributed by atoms with Crippen molar-refractivity contribution >= 4 is 217 Å². The third-order valence-corrected chi connectivity index (χ3v) is 16.3. The van der Waals surface area contributed by atoms with Crippen molar-refractivity contribution in [1.29, 1.82) is 0 Å². The van der Waals surface area contributed by atoms with Gasteiger partial charge in [0.05, 0.1) is 90.3 Å². The van der Waals surface area contributed by atoms with Crippen LogP contribution in [0.2, 0.25) is 20.1 Å². The molecular formula is C54H60Cl4I6N2O14. The highest BCUT2D eigenvalue weighted by molar-refractivity contribution is 14.1. The molecule has 16 nitrogen and oxygen atoms in total. The van der Waals surface area contributed by atoms with Crippen LogP contribution in [0.15, 0.2) is 59.9 Å². The van der Waals surface area contributed by atoms with Crippen LogP contribution in [0.25, 0.3) is 0 Å². The Hall–Kier alpha value is -2.08. The lowest BCUT2D eigenvalue weighted by atomic mass is 10.0. The molecule has 4 aromatic carbocycles. The molecule has 80 heavy (non-hydrogen) atoms. The fraction of sp³-hybridized carbons (Fsp3) is 0.370. The summed E-state index contributed by atoms with van der Waals surface area (Å²) in [5.74, 6) is -1.90. The first kappa shape index (κ1) is 75.9. The van der Waals surface area contributed by atoms with Gasteiger partial charge in [-0.2, -0.15) is 0 Å². The Balaban J connectivity index is 0.000000546. The van der Waals surface area contributed by atoms with E-state index in [1.165, 1.54) is 30.6 Å². The number of carboxylic acid groups (broad SMARTS) is 2. The summed E-state index contributed by atoms with van der Waals surface area (Å²) in [6.45, 7) is 19.0. The third kappa shape index (κ3) is 24.5. The number of carbonyl (C=O) groups is 6. The van der Waals surface area contributed by atoms with E-state index in [0.717, 1.165) is 14.3 Å². The van der Waals surface area contributed by atoms with Gasteiger partial charge in [0, 0.05) is 63.9 Å². The molecule has 0 aliphatic heterocycles. The topological polar surface area (TPSA) is 205 Å². The normalized spacial score (nSPS) is 11.1. The van der Waals surface area contributed by atoms with Gasteiger partial charge in [-0.3, -0.25) is 9.59 Å². The minimum Gasteiger partial charge on any atom is -0.490 e. The Morgan fingerprint density at radius 2 is 0.775 bits per heavy atom. The smallest absolute Gasteiger partial charge is 0.343 e. The van der Waals surface area contributed by atoms with Crippen molar-refractivity contribution in [2.45, 2.75) is 93.7 Å². The van der Waals surface area contributed by atoms with Crippen LogP contribution in [-0.4, -0.2) is 121 Å². The number of rotatable bonds is 20. The van der Waals surface area contributed by atoms with Crippen molar-refractivity contribution in [1.82, 2.24) is 9.80 Å². The number of halogens is 10. The second kappa shape index (κ2) is 36.7. The zero-order chi connectivity index (χ0) is 61.8. The Morgan fingerprint density at radius 1 is 0.475 bits per heavy atom. The van der Waals surface area contributed by atoms with Gasteiger partial charge in [-0.1, -0.05) is 46.4 Å². The van der Waals surface area contributed by atoms with Gasteiger partial charge in [-0.05, 0) is 229 Å². The van der Waals surface area contributed by atoms with E-state index < -0.39 is 35.4 Å². The number of esters is 2. The van der Waals surface area contributed by atoms with Gasteiger partial charge in [-0.25, -0.2) is 19.2 Å². The van der Waals surface area contributed by atoms with Crippen LogP contribution in [0.4, 0.5) is 0 Å². The molecule has 4 rings (SSSR count). The van der Waals surface area contributed by atoms with Crippen molar-refractivity contribution in [2.24, 2.45) is 0 Å². The summed E-state index contributed by atoms with van der Waals surface area (Å²) < 4.78 is 36.7. The summed E-state index contributed by atoms with van der Waals surface area (Å²) in [5.41, 5.74) is 0.532. The van der Waals surface area contributed by atoms with Gasteiger partial charge >= 0.3 is 23.9 Å².